The molecule has 1 heterocycles. The Labute approximate surface area is 152 Å². The Morgan fingerprint density at radius 1 is 1.36 bits per heavy atom. The SMILES string of the molecule is COCCCN(C)CCN=C(NCCc1ccco1)NC1CCCC1. The maximum absolute atomic E-state index is 5.39. The molecule has 6 nitrogen and oxygen atoms in total. The molecule has 2 rings (SSSR count). The Kier molecular flexibility index (Phi) is 9.44. The van der Waals surface area contributed by atoms with Crippen LogP contribution >= 0.6 is 0 Å². The minimum absolute atomic E-state index is 0.564. The second-order valence-electron chi connectivity index (χ2n) is 6.76. The third kappa shape index (κ3) is 8.40. The first-order chi connectivity index (χ1) is 12.3. The molecule has 0 bridgehead atoms. The molecule has 6 heteroatoms. The molecule has 2 N–H and O–H groups in total. The quantitative estimate of drug-likeness (QED) is 0.364. The predicted molar refractivity (Wildman–Crippen MR) is 102 cm³/mol. The summed E-state index contributed by atoms with van der Waals surface area (Å²) in [6.07, 6.45) is 8.78. The minimum atomic E-state index is 0.564. The molecular formula is C19H34N4O2. The molecule has 0 atom stereocenters. The van der Waals surface area contributed by atoms with Crippen LogP contribution in [0.1, 0.15) is 37.9 Å². The van der Waals surface area contributed by atoms with Crippen LogP contribution in [0.4, 0.5) is 0 Å². The van der Waals surface area contributed by atoms with Crippen molar-refractivity contribution >= 4 is 5.96 Å². The summed E-state index contributed by atoms with van der Waals surface area (Å²) >= 11 is 0. The number of guanidine groups is 1. The first kappa shape index (κ1) is 19.8. The number of ether oxygens (including phenoxy) is 1. The lowest BCUT2D eigenvalue weighted by molar-refractivity contribution is 0.180. The highest BCUT2D eigenvalue weighted by Gasteiger charge is 2.16. The zero-order valence-corrected chi connectivity index (χ0v) is 15.8. The second-order valence-corrected chi connectivity index (χ2v) is 6.76. The summed E-state index contributed by atoms with van der Waals surface area (Å²) in [4.78, 5) is 7.07. The molecule has 0 aromatic carbocycles. The molecule has 0 saturated heterocycles. The number of furan rings is 1. The van der Waals surface area contributed by atoms with Gasteiger partial charge < -0.3 is 24.7 Å². The minimum Gasteiger partial charge on any atom is -0.469 e. The molecule has 25 heavy (non-hydrogen) atoms. The lowest BCUT2D eigenvalue weighted by Gasteiger charge is -2.19. The van der Waals surface area contributed by atoms with Gasteiger partial charge in [0.15, 0.2) is 5.96 Å². The zero-order valence-electron chi connectivity index (χ0n) is 15.8. The van der Waals surface area contributed by atoms with Crippen LogP contribution in [0.25, 0.3) is 0 Å². The third-order valence-corrected chi connectivity index (χ3v) is 4.58. The Bertz CT molecular complexity index is 470. The maximum atomic E-state index is 5.39. The van der Waals surface area contributed by atoms with Gasteiger partial charge in [0, 0.05) is 45.8 Å². The van der Waals surface area contributed by atoms with Gasteiger partial charge in [-0.1, -0.05) is 12.8 Å². The summed E-state index contributed by atoms with van der Waals surface area (Å²) in [5.41, 5.74) is 0. The van der Waals surface area contributed by atoms with Crippen molar-refractivity contribution in [1.82, 2.24) is 15.5 Å². The van der Waals surface area contributed by atoms with E-state index in [4.69, 9.17) is 14.1 Å². The van der Waals surface area contributed by atoms with Gasteiger partial charge in [-0.2, -0.15) is 0 Å². The van der Waals surface area contributed by atoms with Crippen LogP contribution in [-0.2, 0) is 11.2 Å². The number of rotatable bonds is 11. The van der Waals surface area contributed by atoms with E-state index in [1.807, 2.05) is 12.1 Å². The molecule has 1 aromatic heterocycles. The molecule has 0 spiro atoms. The van der Waals surface area contributed by atoms with Crippen molar-refractivity contribution in [2.45, 2.75) is 44.6 Å². The van der Waals surface area contributed by atoms with Crippen LogP contribution in [0, 0.1) is 0 Å². The van der Waals surface area contributed by atoms with Gasteiger partial charge in [-0.25, -0.2) is 0 Å². The van der Waals surface area contributed by atoms with Gasteiger partial charge in [-0.05, 0) is 38.4 Å². The molecule has 1 aliphatic rings. The van der Waals surface area contributed by atoms with E-state index < -0.39 is 0 Å². The van der Waals surface area contributed by atoms with Gasteiger partial charge >= 0.3 is 0 Å². The number of hydrogen-bond donors (Lipinski definition) is 2. The first-order valence-corrected chi connectivity index (χ1v) is 9.52. The van der Waals surface area contributed by atoms with Crippen LogP contribution in [0.3, 0.4) is 0 Å². The molecule has 0 unspecified atom stereocenters. The van der Waals surface area contributed by atoms with Crippen LogP contribution in [0.15, 0.2) is 27.8 Å². The maximum Gasteiger partial charge on any atom is 0.191 e. The number of methoxy groups -OCH3 is 1. The monoisotopic (exact) mass is 350 g/mol. The van der Waals surface area contributed by atoms with Crippen molar-refractivity contribution < 1.29 is 9.15 Å². The van der Waals surface area contributed by atoms with Crippen LogP contribution in [0.2, 0.25) is 0 Å². The molecule has 142 valence electrons. The van der Waals surface area contributed by atoms with Crippen LogP contribution < -0.4 is 10.6 Å². The summed E-state index contributed by atoms with van der Waals surface area (Å²) in [5, 5.41) is 7.04. The summed E-state index contributed by atoms with van der Waals surface area (Å²) in [7, 11) is 3.89. The van der Waals surface area contributed by atoms with Gasteiger partial charge in [0.05, 0.1) is 12.8 Å². The van der Waals surface area contributed by atoms with E-state index in [1.165, 1.54) is 25.7 Å². The van der Waals surface area contributed by atoms with Crippen molar-refractivity contribution in [3.8, 4) is 0 Å². The largest absolute Gasteiger partial charge is 0.469 e. The fraction of sp³-hybridized carbons (Fsp3) is 0.737. The number of nitrogens with one attached hydrogen (secondary N) is 2. The molecule has 1 fully saturated rings. The summed E-state index contributed by atoms with van der Waals surface area (Å²) < 4.78 is 10.5. The average Bonchev–Trinajstić information content (AvgIpc) is 3.29. The molecule has 0 amide bonds. The summed E-state index contributed by atoms with van der Waals surface area (Å²) in [6.45, 7) is 4.44. The first-order valence-electron chi connectivity index (χ1n) is 9.52. The number of likely N-dealkylation sites (N-methyl/N-ethyl adjacent to an activating group) is 1. The van der Waals surface area contributed by atoms with E-state index in [0.717, 1.165) is 57.3 Å². The lowest BCUT2D eigenvalue weighted by Crippen LogP contribution is -2.43. The lowest BCUT2D eigenvalue weighted by atomic mass is 10.2. The highest BCUT2D eigenvalue weighted by molar-refractivity contribution is 5.80. The standard InChI is InChI=1S/C19H34N4O2/c1-23(13-6-15-24-2)14-12-21-19(22-17-7-3-4-8-17)20-11-10-18-9-5-16-25-18/h5,9,16-17H,3-4,6-8,10-15H2,1-2H3,(H2,20,21,22). The van der Waals surface area contributed by atoms with E-state index in [2.05, 4.69) is 22.6 Å². The van der Waals surface area contributed by atoms with Crippen molar-refractivity contribution in [1.29, 1.82) is 0 Å². The van der Waals surface area contributed by atoms with Crippen molar-refractivity contribution in [3.63, 3.8) is 0 Å². The van der Waals surface area contributed by atoms with Crippen molar-refractivity contribution in [2.75, 3.05) is 46.9 Å². The summed E-state index contributed by atoms with van der Waals surface area (Å²) in [5.74, 6) is 1.94. The number of aliphatic imine (C=N–C) groups is 1. The van der Waals surface area contributed by atoms with E-state index in [9.17, 15) is 0 Å². The van der Waals surface area contributed by atoms with Gasteiger partial charge in [0.1, 0.15) is 5.76 Å². The molecule has 0 radical (unpaired) electrons. The number of hydrogen-bond acceptors (Lipinski definition) is 4. The Balaban J connectivity index is 1.73. The Hall–Kier alpha value is -1.53. The van der Waals surface area contributed by atoms with E-state index >= 15 is 0 Å². The van der Waals surface area contributed by atoms with E-state index in [-0.39, 0.29) is 0 Å². The molecule has 1 aliphatic carbocycles. The topological polar surface area (TPSA) is 62.0 Å². The third-order valence-electron chi connectivity index (χ3n) is 4.58. The Morgan fingerprint density at radius 2 is 2.20 bits per heavy atom. The fourth-order valence-electron chi connectivity index (χ4n) is 3.10. The summed E-state index contributed by atoms with van der Waals surface area (Å²) in [6, 6.07) is 4.51. The highest BCUT2D eigenvalue weighted by atomic mass is 16.5. The van der Waals surface area contributed by atoms with Gasteiger partial charge in [-0.3, -0.25) is 4.99 Å². The predicted octanol–water partition coefficient (Wildman–Crippen LogP) is 2.27. The smallest absolute Gasteiger partial charge is 0.191 e. The van der Waals surface area contributed by atoms with Crippen LogP contribution in [-0.4, -0.2) is 63.8 Å². The molecular weight excluding hydrogens is 316 g/mol. The second kappa shape index (κ2) is 11.9. The van der Waals surface area contributed by atoms with Crippen LogP contribution in [0.5, 0.6) is 0 Å². The van der Waals surface area contributed by atoms with Gasteiger partial charge in [-0.15, -0.1) is 0 Å². The molecule has 0 aliphatic heterocycles. The van der Waals surface area contributed by atoms with E-state index in [1.54, 1.807) is 13.4 Å². The molecule has 1 saturated carbocycles. The average molecular weight is 351 g/mol. The number of nitrogens with zero attached hydrogens (tertiary/aromatic N) is 2. The normalized spacial score (nSPS) is 15.9. The van der Waals surface area contributed by atoms with Crippen molar-refractivity contribution in [3.05, 3.63) is 24.2 Å². The van der Waals surface area contributed by atoms with Gasteiger partial charge in [0.25, 0.3) is 0 Å². The zero-order chi connectivity index (χ0) is 17.7. The fourth-order valence-corrected chi connectivity index (χ4v) is 3.10. The van der Waals surface area contributed by atoms with E-state index in [0.29, 0.717) is 6.04 Å². The Morgan fingerprint density at radius 3 is 2.92 bits per heavy atom. The van der Waals surface area contributed by atoms with Gasteiger partial charge in [0.2, 0.25) is 0 Å². The highest BCUT2D eigenvalue weighted by Crippen LogP contribution is 2.17. The molecule has 1 aromatic rings. The van der Waals surface area contributed by atoms with Crippen molar-refractivity contribution in [2.24, 2.45) is 4.99 Å².